The number of epoxide rings is 1. The fourth-order valence-corrected chi connectivity index (χ4v) is 1.69. The minimum absolute atomic E-state index is 0.200. The van der Waals surface area contributed by atoms with Gasteiger partial charge in [0, 0.05) is 5.57 Å². The van der Waals surface area contributed by atoms with Crippen molar-refractivity contribution in [3.05, 3.63) is 42.0 Å². The number of ether oxygens (including phenoxy) is 4. The summed E-state index contributed by atoms with van der Waals surface area (Å²) in [5.41, 5.74) is 1.31. The highest BCUT2D eigenvalue weighted by Gasteiger charge is 2.23. The Morgan fingerprint density at radius 2 is 2.23 bits per heavy atom. The van der Waals surface area contributed by atoms with E-state index in [-0.39, 0.29) is 12.7 Å². The van der Waals surface area contributed by atoms with E-state index in [0.29, 0.717) is 23.7 Å². The minimum Gasteiger partial charge on any atom is -0.493 e. The van der Waals surface area contributed by atoms with Gasteiger partial charge in [0.05, 0.1) is 13.7 Å². The zero-order chi connectivity index (χ0) is 15.9. The molecule has 1 heterocycles. The Kier molecular flexibility index (Phi) is 5.61. The molecule has 0 aromatic heterocycles. The van der Waals surface area contributed by atoms with E-state index in [1.807, 2.05) is 24.3 Å². The standard InChI is InChI=1S/C17H20O5/c1-12(2)17(18)20-8-4-5-13-6-7-15(16(9-13)19-3)22-11-14-10-21-14/h4-7,9,14H,1,8,10-11H2,2-3H3/b5-4+. The highest BCUT2D eigenvalue weighted by Crippen LogP contribution is 2.29. The van der Waals surface area contributed by atoms with Crippen molar-refractivity contribution in [2.45, 2.75) is 13.0 Å². The number of esters is 1. The third-order valence-electron chi connectivity index (χ3n) is 2.98. The van der Waals surface area contributed by atoms with Gasteiger partial charge in [0.15, 0.2) is 11.5 Å². The predicted octanol–water partition coefficient (Wildman–Crippen LogP) is 2.61. The summed E-state index contributed by atoms with van der Waals surface area (Å²) in [6, 6.07) is 5.61. The van der Waals surface area contributed by atoms with Crippen molar-refractivity contribution in [1.82, 2.24) is 0 Å². The Bertz CT molecular complexity index is 572. The second-order valence-electron chi connectivity index (χ2n) is 4.96. The maximum absolute atomic E-state index is 11.2. The summed E-state index contributed by atoms with van der Waals surface area (Å²) in [6.07, 6.45) is 3.81. The van der Waals surface area contributed by atoms with Crippen LogP contribution in [0.1, 0.15) is 12.5 Å². The van der Waals surface area contributed by atoms with Crippen molar-refractivity contribution in [2.75, 3.05) is 26.9 Å². The van der Waals surface area contributed by atoms with Gasteiger partial charge in [-0.2, -0.15) is 0 Å². The Morgan fingerprint density at radius 3 is 2.86 bits per heavy atom. The number of methoxy groups -OCH3 is 1. The molecule has 0 saturated carbocycles. The third kappa shape index (κ3) is 4.93. The van der Waals surface area contributed by atoms with Crippen molar-refractivity contribution >= 4 is 12.0 Å². The molecule has 5 heteroatoms. The number of hydrogen-bond acceptors (Lipinski definition) is 5. The first-order chi connectivity index (χ1) is 10.6. The zero-order valence-corrected chi connectivity index (χ0v) is 12.8. The first-order valence-electron chi connectivity index (χ1n) is 7.01. The van der Waals surface area contributed by atoms with E-state index in [1.54, 1.807) is 20.1 Å². The Labute approximate surface area is 130 Å². The van der Waals surface area contributed by atoms with E-state index in [1.165, 1.54) is 0 Å². The molecule has 0 bridgehead atoms. The lowest BCUT2D eigenvalue weighted by Gasteiger charge is -2.10. The number of rotatable bonds is 8. The molecule has 2 rings (SSSR count). The highest BCUT2D eigenvalue weighted by molar-refractivity contribution is 5.87. The number of carbonyl (C=O) groups excluding carboxylic acids is 1. The number of benzene rings is 1. The second-order valence-corrected chi connectivity index (χ2v) is 4.96. The molecule has 1 unspecified atom stereocenters. The average molecular weight is 304 g/mol. The first-order valence-corrected chi connectivity index (χ1v) is 7.01. The Morgan fingerprint density at radius 1 is 1.45 bits per heavy atom. The van der Waals surface area contributed by atoms with E-state index in [2.05, 4.69) is 6.58 Å². The molecule has 5 nitrogen and oxygen atoms in total. The van der Waals surface area contributed by atoms with Crippen molar-refractivity contribution in [1.29, 1.82) is 0 Å². The van der Waals surface area contributed by atoms with Gasteiger partial charge in [-0.05, 0) is 30.7 Å². The monoisotopic (exact) mass is 304 g/mol. The Balaban J connectivity index is 1.90. The maximum Gasteiger partial charge on any atom is 0.333 e. The van der Waals surface area contributed by atoms with Crippen LogP contribution in [0.4, 0.5) is 0 Å². The molecule has 0 radical (unpaired) electrons. The molecule has 1 aliphatic heterocycles. The maximum atomic E-state index is 11.2. The van der Waals surface area contributed by atoms with Crippen molar-refractivity contribution in [3.8, 4) is 11.5 Å². The zero-order valence-electron chi connectivity index (χ0n) is 12.8. The summed E-state index contributed by atoms with van der Waals surface area (Å²) in [7, 11) is 1.60. The summed E-state index contributed by atoms with van der Waals surface area (Å²) in [4.78, 5) is 11.2. The summed E-state index contributed by atoms with van der Waals surface area (Å²) in [5, 5.41) is 0. The SMILES string of the molecule is C=C(C)C(=O)OC/C=C/c1ccc(OCC2CO2)c(OC)c1. The molecule has 0 aliphatic carbocycles. The van der Waals surface area contributed by atoms with Crippen molar-refractivity contribution < 1.29 is 23.7 Å². The predicted molar refractivity (Wildman–Crippen MR) is 83.0 cm³/mol. The topological polar surface area (TPSA) is 57.3 Å². The van der Waals surface area contributed by atoms with Crippen LogP contribution in [0.3, 0.4) is 0 Å². The van der Waals surface area contributed by atoms with Gasteiger partial charge in [0.25, 0.3) is 0 Å². The lowest BCUT2D eigenvalue weighted by molar-refractivity contribution is -0.137. The fraction of sp³-hybridized carbons (Fsp3) is 0.353. The van der Waals surface area contributed by atoms with Gasteiger partial charge >= 0.3 is 5.97 Å². The molecule has 1 atom stereocenters. The van der Waals surface area contributed by atoms with Crippen LogP contribution in [0, 0.1) is 0 Å². The molecule has 1 saturated heterocycles. The second kappa shape index (κ2) is 7.66. The van der Waals surface area contributed by atoms with Crippen LogP contribution >= 0.6 is 0 Å². The first kappa shape index (κ1) is 16.1. The smallest absolute Gasteiger partial charge is 0.333 e. The van der Waals surface area contributed by atoms with Crippen LogP contribution in [0.15, 0.2) is 36.4 Å². The normalized spacial score (nSPS) is 16.4. The van der Waals surface area contributed by atoms with Crippen molar-refractivity contribution in [2.24, 2.45) is 0 Å². The Hall–Kier alpha value is -2.27. The molecule has 0 amide bonds. The van der Waals surface area contributed by atoms with Crippen LogP contribution in [-0.4, -0.2) is 39.0 Å². The van der Waals surface area contributed by atoms with Gasteiger partial charge in [0.1, 0.15) is 19.3 Å². The van der Waals surface area contributed by atoms with E-state index >= 15 is 0 Å². The van der Waals surface area contributed by atoms with E-state index in [0.717, 1.165) is 12.2 Å². The highest BCUT2D eigenvalue weighted by atomic mass is 16.6. The number of hydrogen-bond donors (Lipinski definition) is 0. The minimum atomic E-state index is -0.395. The average Bonchev–Trinajstić information content (AvgIpc) is 3.33. The quantitative estimate of drug-likeness (QED) is 0.420. The van der Waals surface area contributed by atoms with E-state index in [9.17, 15) is 4.79 Å². The van der Waals surface area contributed by atoms with Gasteiger partial charge < -0.3 is 18.9 Å². The summed E-state index contributed by atoms with van der Waals surface area (Å²) in [6.45, 7) is 6.62. The fourth-order valence-electron chi connectivity index (χ4n) is 1.69. The molecule has 1 fully saturated rings. The summed E-state index contributed by atoms with van der Waals surface area (Å²) < 4.78 is 21.0. The molecule has 0 spiro atoms. The molecule has 118 valence electrons. The van der Waals surface area contributed by atoms with Crippen molar-refractivity contribution in [3.63, 3.8) is 0 Å². The van der Waals surface area contributed by atoms with E-state index < -0.39 is 5.97 Å². The van der Waals surface area contributed by atoms with Gasteiger partial charge in [0.2, 0.25) is 0 Å². The summed E-state index contributed by atoms with van der Waals surface area (Å²) in [5.74, 6) is 0.943. The van der Waals surface area contributed by atoms with Gasteiger partial charge in [-0.15, -0.1) is 0 Å². The molecular formula is C17H20O5. The molecule has 1 aromatic rings. The van der Waals surface area contributed by atoms with Crippen LogP contribution < -0.4 is 9.47 Å². The molecule has 1 aromatic carbocycles. The van der Waals surface area contributed by atoms with E-state index in [4.69, 9.17) is 18.9 Å². The molecule has 1 aliphatic rings. The number of carbonyl (C=O) groups is 1. The van der Waals surface area contributed by atoms with Gasteiger partial charge in [-0.25, -0.2) is 4.79 Å². The lowest BCUT2D eigenvalue weighted by atomic mass is 10.2. The summed E-state index contributed by atoms with van der Waals surface area (Å²) >= 11 is 0. The van der Waals surface area contributed by atoms with Gasteiger partial charge in [-0.1, -0.05) is 18.7 Å². The van der Waals surface area contributed by atoms with Crippen LogP contribution in [0.2, 0.25) is 0 Å². The largest absolute Gasteiger partial charge is 0.493 e. The van der Waals surface area contributed by atoms with Crippen LogP contribution in [-0.2, 0) is 14.3 Å². The molecular weight excluding hydrogens is 284 g/mol. The molecule has 0 N–H and O–H groups in total. The molecule has 22 heavy (non-hydrogen) atoms. The third-order valence-corrected chi connectivity index (χ3v) is 2.98. The lowest BCUT2D eigenvalue weighted by Crippen LogP contribution is -2.05. The van der Waals surface area contributed by atoms with Crippen LogP contribution in [0.5, 0.6) is 11.5 Å². The van der Waals surface area contributed by atoms with Gasteiger partial charge in [-0.3, -0.25) is 0 Å². The van der Waals surface area contributed by atoms with Crippen LogP contribution in [0.25, 0.3) is 6.08 Å².